The van der Waals surface area contributed by atoms with E-state index in [1.165, 1.54) is 12.3 Å². The van der Waals surface area contributed by atoms with Crippen LogP contribution in [0.1, 0.15) is 0 Å². The van der Waals surface area contributed by atoms with Crippen LogP contribution < -0.4 is 15.5 Å². The van der Waals surface area contributed by atoms with Gasteiger partial charge < -0.3 is 15.5 Å². The molecule has 0 unspecified atom stereocenters. The van der Waals surface area contributed by atoms with E-state index in [1.54, 1.807) is 18.2 Å². The summed E-state index contributed by atoms with van der Waals surface area (Å²) in [6.45, 7) is 0. The molecule has 3 aromatic rings. The number of rotatable bonds is 3. The second kappa shape index (κ2) is 7.81. The van der Waals surface area contributed by atoms with Crippen molar-refractivity contribution in [2.24, 2.45) is 0 Å². The van der Waals surface area contributed by atoms with Gasteiger partial charge in [0, 0.05) is 37.1 Å². The van der Waals surface area contributed by atoms with Crippen LogP contribution in [0.5, 0.6) is 0 Å². The first-order chi connectivity index (χ1) is 11.5. The number of halogens is 2. The smallest absolute Gasteiger partial charge is 0.323 e. The molecule has 3 rings (SSSR count). The van der Waals surface area contributed by atoms with Gasteiger partial charge in [-0.1, -0.05) is 12.1 Å². The Labute approximate surface area is 151 Å². The van der Waals surface area contributed by atoms with E-state index in [2.05, 4.69) is 15.6 Å². The number of pyridine rings is 1. The van der Waals surface area contributed by atoms with Gasteiger partial charge in [-0.05, 0) is 36.4 Å². The minimum Gasteiger partial charge on any atom is -0.378 e. The summed E-state index contributed by atoms with van der Waals surface area (Å²) >= 11 is 0. The van der Waals surface area contributed by atoms with Crippen molar-refractivity contribution in [2.75, 3.05) is 29.6 Å². The molecule has 0 radical (unpaired) electrons. The maximum atomic E-state index is 13.8. The van der Waals surface area contributed by atoms with Gasteiger partial charge in [0.2, 0.25) is 0 Å². The number of fused-ring (bicyclic) bond motifs is 1. The van der Waals surface area contributed by atoms with Crippen LogP contribution in [0.3, 0.4) is 0 Å². The van der Waals surface area contributed by atoms with Crippen molar-refractivity contribution in [1.82, 2.24) is 4.98 Å². The van der Waals surface area contributed by atoms with E-state index in [0.717, 1.165) is 5.69 Å². The highest BCUT2D eigenvalue weighted by molar-refractivity contribution is 6.05. The van der Waals surface area contributed by atoms with Crippen LogP contribution in [-0.4, -0.2) is 25.1 Å². The number of para-hydroxylation sites is 1. The zero-order chi connectivity index (χ0) is 17.1. The summed E-state index contributed by atoms with van der Waals surface area (Å²) in [7, 11) is 3.89. The Morgan fingerprint density at radius 2 is 1.76 bits per heavy atom. The van der Waals surface area contributed by atoms with E-state index in [0.29, 0.717) is 16.8 Å². The molecule has 1 aromatic heterocycles. The van der Waals surface area contributed by atoms with Gasteiger partial charge in [-0.2, -0.15) is 0 Å². The van der Waals surface area contributed by atoms with Crippen LogP contribution in [0.25, 0.3) is 10.9 Å². The number of nitrogens with one attached hydrogen (secondary N) is 2. The molecule has 2 amide bonds. The number of carbonyl (C=O) groups excluding carboxylic acids is 1. The third kappa shape index (κ3) is 4.16. The second-order valence-electron chi connectivity index (χ2n) is 5.51. The lowest BCUT2D eigenvalue weighted by Crippen LogP contribution is -2.19. The molecular weight excluding hydrogens is 343 g/mol. The summed E-state index contributed by atoms with van der Waals surface area (Å²) < 4.78 is 13.8. The average Bonchev–Trinajstić information content (AvgIpc) is 2.56. The number of amides is 2. The van der Waals surface area contributed by atoms with Crippen LogP contribution in [-0.2, 0) is 0 Å². The van der Waals surface area contributed by atoms with Crippen LogP contribution in [0.4, 0.5) is 26.2 Å². The van der Waals surface area contributed by atoms with Crippen LogP contribution in [0.2, 0.25) is 0 Å². The molecule has 0 fully saturated rings. The number of aromatic nitrogens is 1. The minimum atomic E-state index is -0.421. The van der Waals surface area contributed by atoms with E-state index in [9.17, 15) is 9.18 Å². The standard InChI is InChI=1S/C18H17FN4O.ClH/c1-23(2)13-8-6-12(7-9-13)21-18(24)22-16-10-11-20-17-14(16)4-3-5-15(17)19;/h3-11H,1-2H3,(H2,20,21,22,24);1H. The first-order valence-corrected chi connectivity index (χ1v) is 7.43. The van der Waals surface area contributed by atoms with Crippen LogP contribution in [0, 0.1) is 5.82 Å². The molecule has 2 N–H and O–H groups in total. The van der Waals surface area contributed by atoms with Gasteiger partial charge in [0.1, 0.15) is 11.3 Å². The molecule has 0 aliphatic rings. The summed E-state index contributed by atoms with van der Waals surface area (Å²) in [5.41, 5.74) is 2.44. The number of hydrogen-bond donors (Lipinski definition) is 2. The van der Waals surface area contributed by atoms with Gasteiger partial charge in [-0.25, -0.2) is 9.18 Å². The molecule has 0 aliphatic carbocycles. The van der Waals surface area contributed by atoms with Crippen LogP contribution >= 0.6 is 12.4 Å². The monoisotopic (exact) mass is 360 g/mol. The number of benzene rings is 2. The quantitative estimate of drug-likeness (QED) is 0.722. The molecule has 0 atom stereocenters. The predicted octanol–water partition coefficient (Wildman–Crippen LogP) is 4.51. The molecule has 0 aliphatic heterocycles. The Kier molecular flexibility index (Phi) is 5.77. The number of nitrogens with zero attached hydrogens (tertiary/aromatic N) is 2. The first-order valence-electron chi connectivity index (χ1n) is 7.43. The number of anilines is 3. The van der Waals surface area contributed by atoms with E-state index >= 15 is 0 Å². The van der Waals surface area contributed by atoms with Crippen LogP contribution in [0.15, 0.2) is 54.7 Å². The Hall–Kier alpha value is -2.86. The van der Waals surface area contributed by atoms with E-state index in [1.807, 2.05) is 43.3 Å². The summed E-state index contributed by atoms with van der Waals surface area (Å²) in [5.74, 6) is -0.421. The second-order valence-corrected chi connectivity index (χ2v) is 5.51. The molecule has 0 saturated carbocycles. The SMILES string of the molecule is CN(C)c1ccc(NC(=O)Nc2ccnc3c(F)cccc23)cc1.Cl. The molecule has 25 heavy (non-hydrogen) atoms. The normalized spacial score (nSPS) is 10.0. The van der Waals surface area contributed by atoms with E-state index < -0.39 is 11.8 Å². The highest BCUT2D eigenvalue weighted by Crippen LogP contribution is 2.23. The number of carbonyl (C=O) groups is 1. The maximum absolute atomic E-state index is 13.8. The predicted molar refractivity (Wildman–Crippen MR) is 102 cm³/mol. The highest BCUT2D eigenvalue weighted by Gasteiger charge is 2.09. The number of urea groups is 1. The minimum absolute atomic E-state index is 0. The van der Waals surface area contributed by atoms with Gasteiger partial charge in [-0.15, -0.1) is 12.4 Å². The molecule has 2 aromatic carbocycles. The van der Waals surface area contributed by atoms with Crippen molar-refractivity contribution >= 4 is 46.4 Å². The van der Waals surface area contributed by atoms with E-state index in [-0.39, 0.29) is 17.9 Å². The molecular formula is C18H18ClFN4O. The Morgan fingerprint density at radius 1 is 1.04 bits per heavy atom. The van der Waals surface area contributed by atoms with E-state index in [4.69, 9.17) is 0 Å². The zero-order valence-electron chi connectivity index (χ0n) is 13.8. The van der Waals surface area contributed by atoms with Crippen molar-refractivity contribution in [3.63, 3.8) is 0 Å². The van der Waals surface area contributed by atoms with Gasteiger partial charge in [0.25, 0.3) is 0 Å². The molecule has 130 valence electrons. The topological polar surface area (TPSA) is 57.3 Å². The van der Waals surface area contributed by atoms with Crippen molar-refractivity contribution < 1.29 is 9.18 Å². The zero-order valence-corrected chi connectivity index (χ0v) is 14.6. The fraction of sp³-hybridized carbons (Fsp3) is 0.111. The third-order valence-corrected chi connectivity index (χ3v) is 3.61. The van der Waals surface area contributed by atoms with Crippen molar-refractivity contribution in [1.29, 1.82) is 0 Å². The van der Waals surface area contributed by atoms with Gasteiger partial charge in [0.15, 0.2) is 0 Å². The lowest BCUT2D eigenvalue weighted by molar-refractivity contribution is 0.262. The lowest BCUT2D eigenvalue weighted by atomic mass is 10.2. The van der Waals surface area contributed by atoms with Gasteiger partial charge in [-0.3, -0.25) is 4.98 Å². The average molecular weight is 361 g/mol. The first kappa shape index (κ1) is 18.5. The Morgan fingerprint density at radius 3 is 2.44 bits per heavy atom. The fourth-order valence-electron chi connectivity index (χ4n) is 2.38. The van der Waals surface area contributed by atoms with Gasteiger partial charge in [0.05, 0.1) is 5.69 Å². The summed E-state index contributed by atoms with van der Waals surface area (Å²) in [5, 5.41) is 6.04. The molecule has 7 heteroatoms. The molecule has 5 nitrogen and oxygen atoms in total. The summed E-state index contributed by atoms with van der Waals surface area (Å²) in [4.78, 5) is 18.2. The summed E-state index contributed by atoms with van der Waals surface area (Å²) in [6, 6.07) is 13.3. The Bertz CT molecular complexity index is 884. The lowest BCUT2D eigenvalue weighted by Gasteiger charge is -2.13. The largest absolute Gasteiger partial charge is 0.378 e. The molecule has 0 bridgehead atoms. The molecule has 0 spiro atoms. The molecule has 1 heterocycles. The number of hydrogen-bond acceptors (Lipinski definition) is 3. The Balaban J connectivity index is 0.00000225. The third-order valence-electron chi connectivity index (χ3n) is 3.61. The fourth-order valence-corrected chi connectivity index (χ4v) is 2.38. The summed E-state index contributed by atoms with van der Waals surface area (Å²) in [6.07, 6.45) is 1.47. The highest BCUT2D eigenvalue weighted by atomic mass is 35.5. The van der Waals surface area contributed by atoms with Crippen molar-refractivity contribution in [3.8, 4) is 0 Å². The van der Waals surface area contributed by atoms with Gasteiger partial charge >= 0.3 is 6.03 Å². The molecule has 0 saturated heterocycles. The maximum Gasteiger partial charge on any atom is 0.323 e. The van der Waals surface area contributed by atoms with Crippen molar-refractivity contribution in [2.45, 2.75) is 0 Å². The van der Waals surface area contributed by atoms with Crippen molar-refractivity contribution in [3.05, 3.63) is 60.5 Å².